The van der Waals surface area contributed by atoms with Crippen LogP contribution in [-0.4, -0.2) is 75.2 Å². The Morgan fingerprint density at radius 3 is 2.59 bits per heavy atom. The number of carbonyl (C=O) groups excluding carboxylic acids is 1. The zero-order valence-electron chi connectivity index (χ0n) is 10.3. The summed E-state index contributed by atoms with van der Waals surface area (Å²) in [7, 11) is 1.61. The molecule has 0 aromatic heterocycles. The highest BCUT2D eigenvalue weighted by atomic mass is 16.5. The minimum Gasteiger partial charge on any atom is -0.383 e. The summed E-state index contributed by atoms with van der Waals surface area (Å²) in [5.74, 6) is 0.0378. The second-order valence-corrected chi connectivity index (χ2v) is 4.05. The molecule has 6 nitrogen and oxygen atoms in total. The number of rotatable bonds is 6. The van der Waals surface area contributed by atoms with E-state index in [-0.39, 0.29) is 5.91 Å². The molecule has 1 saturated heterocycles. The maximum Gasteiger partial charge on any atom is 0.234 e. The first-order valence-electron chi connectivity index (χ1n) is 5.83. The van der Waals surface area contributed by atoms with Crippen LogP contribution < -0.4 is 5.32 Å². The minimum absolute atomic E-state index is 0.0378. The van der Waals surface area contributed by atoms with Gasteiger partial charge in [-0.2, -0.15) is 5.26 Å². The molecule has 0 saturated carbocycles. The van der Waals surface area contributed by atoms with E-state index in [0.29, 0.717) is 26.2 Å². The molecular weight excluding hydrogens is 220 g/mol. The van der Waals surface area contributed by atoms with Crippen molar-refractivity contribution < 1.29 is 9.53 Å². The molecular formula is C11H20N4O2. The van der Waals surface area contributed by atoms with Crippen LogP contribution in [0.5, 0.6) is 0 Å². The van der Waals surface area contributed by atoms with E-state index < -0.39 is 0 Å². The summed E-state index contributed by atoms with van der Waals surface area (Å²) in [4.78, 5) is 15.7. The zero-order valence-corrected chi connectivity index (χ0v) is 10.3. The molecule has 0 aromatic rings. The van der Waals surface area contributed by atoms with Gasteiger partial charge in [0, 0.05) is 39.8 Å². The standard InChI is InChI=1S/C11H20N4O2/c1-17-9-3-13-11(16)10-15-7-5-14(4-2-12)6-8-15/h3-10H2,1H3,(H,13,16). The number of nitrogens with one attached hydrogen (secondary N) is 1. The normalized spacial score (nSPS) is 17.6. The molecule has 1 N–H and O–H groups in total. The van der Waals surface area contributed by atoms with E-state index in [0.717, 1.165) is 26.2 Å². The van der Waals surface area contributed by atoms with Crippen LogP contribution in [-0.2, 0) is 9.53 Å². The lowest BCUT2D eigenvalue weighted by Crippen LogP contribution is -2.49. The van der Waals surface area contributed by atoms with E-state index in [2.05, 4.69) is 21.2 Å². The van der Waals surface area contributed by atoms with Crippen molar-refractivity contribution in [1.82, 2.24) is 15.1 Å². The van der Waals surface area contributed by atoms with Gasteiger partial charge in [0.2, 0.25) is 5.91 Å². The van der Waals surface area contributed by atoms with Crippen LogP contribution in [0.4, 0.5) is 0 Å². The summed E-state index contributed by atoms with van der Waals surface area (Å²) >= 11 is 0. The fourth-order valence-corrected chi connectivity index (χ4v) is 1.76. The maximum atomic E-state index is 11.5. The average molecular weight is 240 g/mol. The number of nitrogens with zero attached hydrogens (tertiary/aromatic N) is 3. The topological polar surface area (TPSA) is 68.6 Å². The van der Waals surface area contributed by atoms with E-state index in [1.165, 1.54) is 0 Å². The molecule has 0 aliphatic carbocycles. The molecule has 1 aliphatic heterocycles. The van der Waals surface area contributed by atoms with Crippen molar-refractivity contribution >= 4 is 5.91 Å². The number of methoxy groups -OCH3 is 1. The van der Waals surface area contributed by atoms with Gasteiger partial charge in [-0.3, -0.25) is 14.6 Å². The number of amides is 1. The van der Waals surface area contributed by atoms with Gasteiger partial charge in [-0.05, 0) is 0 Å². The molecule has 0 radical (unpaired) electrons. The van der Waals surface area contributed by atoms with Crippen LogP contribution in [0.15, 0.2) is 0 Å². The first-order valence-corrected chi connectivity index (χ1v) is 5.83. The molecule has 1 aliphatic rings. The molecule has 0 bridgehead atoms. The molecule has 96 valence electrons. The summed E-state index contributed by atoms with van der Waals surface area (Å²) in [5, 5.41) is 11.4. The van der Waals surface area contributed by atoms with Crippen molar-refractivity contribution in [2.75, 3.05) is 59.5 Å². The van der Waals surface area contributed by atoms with E-state index in [1.807, 2.05) is 0 Å². The van der Waals surface area contributed by atoms with Crippen molar-refractivity contribution in [2.24, 2.45) is 0 Å². The van der Waals surface area contributed by atoms with Crippen molar-refractivity contribution in [3.05, 3.63) is 0 Å². The Balaban J connectivity index is 2.13. The average Bonchev–Trinajstić information content (AvgIpc) is 2.32. The summed E-state index contributed by atoms with van der Waals surface area (Å²) in [6, 6.07) is 2.14. The Morgan fingerprint density at radius 1 is 1.35 bits per heavy atom. The number of ether oxygens (including phenoxy) is 1. The van der Waals surface area contributed by atoms with Gasteiger partial charge in [0.25, 0.3) is 0 Å². The fourth-order valence-electron chi connectivity index (χ4n) is 1.76. The first-order chi connectivity index (χ1) is 8.26. The first kappa shape index (κ1) is 13.9. The Hall–Kier alpha value is -1.16. The van der Waals surface area contributed by atoms with Crippen LogP contribution >= 0.6 is 0 Å². The monoisotopic (exact) mass is 240 g/mol. The van der Waals surface area contributed by atoms with Gasteiger partial charge in [0.15, 0.2) is 0 Å². The van der Waals surface area contributed by atoms with Gasteiger partial charge >= 0.3 is 0 Å². The fraction of sp³-hybridized carbons (Fsp3) is 0.818. The van der Waals surface area contributed by atoms with Gasteiger partial charge in [-0.25, -0.2) is 0 Å². The predicted octanol–water partition coefficient (Wildman–Crippen LogP) is -1.11. The predicted molar refractivity (Wildman–Crippen MR) is 63.4 cm³/mol. The Bertz CT molecular complexity index is 269. The smallest absolute Gasteiger partial charge is 0.234 e. The lowest BCUT2D eigenvalue weighted by molar-refractivity contribution is -0.122. The maximum absolute atomic E-state index is 11.5. The molecule has 0 spiro atoms. The number of nitriles is 1. The van der Waals surface area contributed by atoms with E-state index in [4.69, 9.17) is 10.00 Å². The number of hydrogen-bond donors (Lipinski definition) is 1. The van der Waals surface area contributed by atoms with Crippen molar-refractivity contribution in [2.45, 2.75) is 0 Å². The van der Waals surface area contributed by atoms with E-state index in [9.17, 15) is 4.79 Å². The van der Waals surface area contributed by atoms with Gasteiger partial charge in [-0.15, -0.1) is 0 Å². The van der Waals surface area contributed by atoms with Crippen LogP contribution in [0.1, 0.15) is 0 Å². The second-order valence-electron chi connectivity index (χ2n) is 4.05. The molecule has 1 rings (SSSR count). The summed E-state index contributed by atoms with van der Waals surface area (Å²) in [6.07, 6.45) is 0. The van der Waals surface area contributed by atoms with Gasteiger partial charge < -0.3 is 10.1 Å². The molecule has 1 amide bonds. The minimum atomic E-state index is 0.0378. The molecule has 1 heterocycles. The molecule has 17 heavy (non-hydrogen) atoms. The van der Waals surface area contributed by atoms with Crippen LogP contribution in [0, 0.1) is 11.3 Å². The Kier molecular flexibility index (Phi) is 6.55. The molecule has 0 aromatic carbocycles. The van der Waals surface area contributed by atoms with Crippen LogP contribution in [0.25, 0.3) is 0 Å². The van der Waals surface area contributed by atoms with Crippen LogP contribution in [0.3, 0.4) is 0 Å². The van der Waals surface area contributed by atoms with E-state index in [1.54, 1.807) is 7.11 Å². The van der Waals surface area contributed by atoms with Gasteiger partial charge in [-0.1, -0.05) is 0 Å². The van der Waals surface area contributed by atoms with Gasteiger partial charge in [0.05, 0.1) is 25.8 Å². The SMILES string of the molecule is COCCNC(=O)CN1CCN(CC#N)CC1. The lowest BCUT2D eigenvalue weighted by Gasteiger charge is -2.32. The van der Waals surface area contributed by atoms with Crippen LogP contribution in [0.2, 0.25) is 0 Å². The number of piperazine rings is 1. The Morgan fingerprint density at radius 2 is 2.00 bits per heavy atom. The highest BCUT2D eigenvalue weighted by Crippen LogP contribution is 2.00. The van der Waals surface area contributed by atoms with Crippen molar-refractivity contribution in [3.8, 4) is 6.07 Å². The third-order valence-corrected chi connectivity index (χ3v) is 2.75. The quantitative estimate of drug-likeness (QED) is 0.471. The summed E-state index contributed by atoms with van der Waals surface area (Å²) in [5.41, 5.74) is 0. The largest absolute Gasteiger partial charge is 0.383 e. The summed E-state index contributed by atoms with van der Waals surface area (Å²) in [6.45, 7) is 5.43. The third-order valence-electron chi connectivity index (χ3n) is 2.75. The second kappa shape index (κ2) is 8.01. The molecule has 0 atom stereocenters. The van der Waals surface area contributed by atoms with Crippen molar-refractivity contribution in [3.63, 3.8) is 0 Å². The number of hydrogen-bond acceptors (Lipinski definition) is 5. The zero-order chi connectivity index (χ0) is 12.5. The molecule has 6 heteroatoms. The van der Waals surface area contributed by atoms with Gasteiger partial charge in [0.1, 0.15) is 0 Å². The molecule has 0 unspecified atom stereocenters. The highest BCUT2D eigenvalue weighted by Gasteiger charge is 2.18. The number of carbonyl (C=O) groups is 1. The highest BCUT2D eigenvalue weighted by molar-refractivity contribution is 5.77. The Labute approximate surface area is 102 Å². The summed E-state index contributed by atoms with van der Waals surface area (Å²) < 4.78 is 4.86. The lowest BCUT2D eigenvalue weighted by atomic mass is 10.3. The van der Waals surface area contributed by atoms with Crippen molar-refractivity contribution in [1.29, 1.82) is 5.26 Å². The third kappa shape index (κ3) is 5.63. The van der Waals surface area contributed by atoms with E-state index >= 15 is 0 Å². The molecule has 1 fully saturated rings.